The van der Waals surface area contributed by atoms with Crippen molar-refractivity contribution in [1.82, 2.24) is 24.7 Å². The van der Waals surface area contributed by atoms with Crippen LogP contribution in [0, 0.1) is 25.2 Å². The van der Waals surface area contributed by atoms with E-state index in [1.807, 2.05) is 62.4 Å². The number of hydrogen-bond acceptors (Lipinski definition) is 11. The third-order valence-corrected chi connectivity index (χ3v) is 11.8. The van der Waals surface area contributed by atoms with E-state index in [-0.39, 0.29) is 17.9 Å². The smallest absolute Gasteiger partial charge is 0.387 e. The van der Waals surface area contributed by atoms with Gasteiger partial charge in [-0.05, 0) is 91.4 Å². The number of carboxylic acid groups (broad SMARTS) is 1. The minimum Gasteiger partial charge on any atom is -0.480 e. The molecule has 9 rings (SSSR count). The van der Waals surface area contributed by atoms with Gasteiger partial charge in [-0.25, -0.2) is 9.97 Å². The number of aliphatic carboxylic acids is 1. The molecule has 1 N–H and O–H groups in total. The summed E-state index contributed by atoms with van der Waals surface area (Å²) in [4.78, 5) is 28.1. The van der Waals surface area contributed by atoms with Crippen molar-refractivity contribution in [2.45, 2.75) is 58.5 Å². The molecule has 2 aromatic heterocycles. The molecule has 0 amide bonds. The molecule has 3 aliphatic rings. The molecule has 0 unspecified atom stereocenters. The maximum atomic E-state index is 13.5. The molecule has 5 heterocycles. The largest absolute Gasteiger partial charge is 0.480 e. The number of hydrogen-bond donors (Lipinski definition) is 1. The van der Waals surface area contributed by atoms with Crippen LogP contribution in [0.5, 0.6) is 5.75 Å². The molecule has 0 bridgehead atoms. The average Bonchev–Trinajstić information content (AvgIpc) is 3.95. The summed E-state index contributed by atoms with van der Waals surface area (Å²) in [5.74, 6) is -0.290. The molecule has 298 valence electrons. The minimum atomic E-state index is -3.07. The van der Waals surface area contributed by atoms with E-state index in [9.17, 15) is 23.9 Å². The van der Waals surface area contributed by atoms with E-state index in [1.54, 1.807) is 11.0 Å². The third-order valence-electron chi connectivity index (χ3n) is 11.8. The number of benzene rings is 4. The molecule has 3 saturated heterocycles. The van der Waals surface area contributed by atoms with Gasteiger partial charge in [0.15, 0.2) is 11.2 Å². The van der Waals surface area contributed by atoms with Crippen LogP contribution in [-0.2, 0) is 22.6 Å². The zero-order valence-corrected chi connectivity index (χ0v) is 32.2. The summed E-state index contributed by atoms with van der Waals surface area (Å²) in [6, 6.07) is 20.9. The average molecular weight is 789 g/mol. The Bertz CT molecular complexity index is 2570. The van der Waals surface area contributed by atoms with Crippen LogP contribution < -0.4 is 4.74 Å². The summed E-state index contributed by atoms with van der Waals surface area (Å²) in [5, 5.41) is 19.8. The van der Waals surface area contributed by atoms with Gasteiger partial charge in [-0.15, -0.1) is 0 Å². The first kappa shape index (κ1) is 37.8. The predicted octanol–water partition coefficient (Wildman–Crippen LogP) is 7.63. The van der Waals surface area contributed by atoms with Crippen LogP contribution in [0.3, 0.4) is 0 Å². The lowest BCUT2D eigenvalue weighted by Gasteiger charge is -2.46. The molecule has 0 spiro atoms. The molecular formula is C44H42F2N6O6. The summed E-state index contributed by atoms with van der Waals surface area (Å²) in [7, 11) is 0. The van der Waals surface area contributed by atoms with Crippen molar-refractivity contribution in [2.24, 2.45) is 0 Å². The molecular weight excluding hydrogens is 747 g/mol. The highest BCUT2D eigenvalue weighted by Gasteiger charge is 2.33. The van der Waals surface area contributed by atoms with Crippen molar-refractivity contribution in [3.05, 3.63) is 88.5 Å². The molecule has 3 fully saturated rings. The van der Waals surface area contributed by atoms with Crippen LogP contribution in [0.1, 0.15) is 40.7 Å². The number of morpholine rings is 1. The number of fused-ring (bicyclic) bond motifs is 2. The molecule has 4 aromatic carbocycles. The lowest BCUT2D eigenvalue weighted by Crippen LogP contribution is -2.60. The van der Waals surface area contributed by atoms with Gasteiger partial charge in [0, 0.05) is 68.1 Å². The maximum absolute atomic E-state index is 13.5. The van der Waals surface area contributed by atoms with E-state index in [2.05, 4.69) is 15.9 Å². The highest BCUT2D eigenvalue weighted by atomic mass is 19.3. The first-order valence-corrected chi connectivity index (χ1v) is 19.6. The number of carboxylic acids is 1. The molecule has 6 aromatic rings. The highest BCUT2D eigenvalue weighted by Crippen LogP contribution is 2.39. The Balaban J connectivity index is 0.996. The summed E-state index contributed by atoms with van der Waals surface area (Å²) >= 11 is 0. The van der Waals surface area contributed by atoms with Gasteiger partial charge in [0.25, 0.3) is 0 Å². The van der Waals surface area contributed by atoms with Gasteiger partial charge < -0.3 is 23.4 Å². The number of ether oxygens (including phenoxy) is 2. The molecule has 0 radical (unpaired) electrons. The van der Waals surface area contributed by atoms with Crippen molar-refractivity contribution < 1.29 is 37.0 Å². The van der Waals surface area contributed by atoms with Crippen molar-refractivity contribution in [2.75, 3.05) is 45.9 Å². The number of alkyl halides is 2. The van der Waals surface area contributed by atoms with Crippen LogP contribution in [0.2, 0.25) is 0 Å². The van der Waals surface area contributed by atoms with Gasteiger partial charge in [0.2, 0.25) is 11.8 Å². The standard InChI is InChI=1S/C44H42F2N6O6/c1-25-31(6-3-8-33(25)41-48-35-18-29(22-52-11-5-10-37(52)43(53)54)38(57-44(45)46)19-39(35)56-41)32-7-4-9-34(26(32)2)42-49-36-17-27(16-28(20-47)40(36)58-42)21-50-23-30(24-50)51-12-14-55-15-13-51/h3-4,6-9,16-19,30,37,44H,5,10-15,21-24H2,1-2H3,(H,53,54)/t37-/m0/s1. The molecule has 0 aliphatic carbocycles. The molecule has 0 saturated carbocycles. The molecule has 3 aliphatic heterocycles. The van der Waals surface area contributed by atoms with Gasteiger partial charge in [0.1, 0.15) is 28.9 Å². The summed E-state index contributed by atoms with van der Waals surface area (Å²) in [6.45, 7) is 7.78. The van der Waals surface area contributed by atoms with Crippen LogP contribution in [0.15, 0.2) is 69.5 Å². The molecule has 12 nitrogen and oxygen atoms in total. The Morgan fingerprint density at radius 2 is 1.59 bits per heavy atom. The molecule has 14 heteroatoms. The lowest BCUT2D eigenvalue weighted by atomic mass is 9.91. The Labute approximate surface area is 333 Å². The van der Waals surface area contributed by atoms with E-state index in [0.29, 0.717) is 70.5 Å². The fourth-order valence-corrected chi connectivity index (χ4v) is 8.76. The van der Waals surface area contributed by atoms with Crippen LogP contribution in [0.4, 0.5) is 8.78 Å². The number of carbonyl (C=O) groups is 1. The lowest BCUT2D eigenvalue weighted by molar-refractivity contribution is -0.142. The zero-order chi connectivity index (χ0) is 40.1. The first-order chi connectivity index (χ1) is 28.1. The summed E-state index contributed by atoms with van der Waals surface area (Å²) in [6.07, 6.45) is 1.19. The van der Waals surface area contributed by atoms with E-state index in [0.717, 1.165) is 79.3 Å². The van der Waals surface area contributed by atoms with Gasteiger partial charge in [0.05, 0.1) is 18.8 Å². The van der Waals surface area contributed by atoms with Crippen molar-refractivity contribution in [3.63, 3.8) is 0 Å². The Morgan fingerprint density at radius 3 is 2.26 bits per heavy atom. The van der Waals surface area contributed by atoms with Crippen LogP contribution in [0.25, 0.3) is 56.2 Å². The van der Waals surface area contributed by atoms with E-state index >= 15 is 0 Å². The predicted molar refractivity (Wildman–Crippen MR) is 211 cm³/mol. The second-order valence-corrected chi connectivity index (χ2v) is 15.4. The van der Waals surface area contributed by atoms with Gasteiger partial charge >= 0.3 is 12.6 Å². The molecule has 58 heavy (non-hydrogen) atoms. The summed E-state index contributed by atoms with van der Waals surface area (Å²) in [5.41, 5.74) is 8.89. The van der Waals surface area contributed by atoms with Crippen molar-refractivity contribution in [1.29, 1.82) is 5.26 Å². The zero-order valence-electron chi connectivity index (χ0n) is 32.2. The molecule has 1 atom stereocenters. The van der Waals surface area contributed by atoms with Gasteiger partial charge in [-0.3, -0.25) is 19.5 Å². The highest BCUT2D eigenvalue weighted by molar-refractivity contribution is 5.86. The Kier molecular flexibility index (Phi) is 10.1. The fourth-order valence-electron chi connectivity index (χ4n) is 8.76. The van der Waals surface area contributed by atoms with Crippen LogP contribution in [-0.4, -0.2) is 100 Å². The topological polar surface area (TPSA) is 141 Å². The quantitative estimate of drug-likeness (QED) is 0.138. The van der Waals surface area contributed by atoms with E-state index in [4.69, 9.17) is 28.3 Å². The van der Waals surface area contributed by atoms with E-state index in [1.165, 1.54) is 6.07 Å². The Morgan fingerprint density at radius 1 is 0.914 bits per heavy atom. The number of likely N-dealkylation sites (tertiary alicyclic amines) is 2. The number of nitriles is 1. The van der Waals surface area contributed by atoms with Crippen LogP contribution >= 0.6 is 0 Å². The van der Waals surface area contributed by atoms with Crippen molar-refractivity contribution >= 4 is 28.2 Å². The number of aromatic nitrogens is 2. The number of halogens is 2. The van der Waals surface area contributed by atoms with E-state index < -0.39 is 18.6 Å². The minimum absolute atomic E-state index is 0.0785. The number of oxazole rings is 2. The summed E-state index contributed by atoms with van der Waals surface area (Å²) < 4.78 is 50.0. The monoisotopic (exact) mass is 788 g/mol. The van der Waals surface area contributed by atoms with Gasteiger partial charge in [-0.1, -0.05) is 24.3 Å². The normalized spacial score (nSPS) is 18.3. The second-order valence-electron chi connectivity index (χ2n) is 15.4. The third kappa shape index (κ3) is 7.19. The van der Waals surface area contributed by atoms with Crippen molar-refractivity contribution in [3.8, 4) is 45.9 Å². The first-order valence-electron chi connectivity index (χ1n) is 19.6. The SMILES string of the molecule is Cc1c(-c2nc3cc(CN4CCC[C@H]4C(=O)O)c(OC(F)F)cc3o2)cccc1-c1cccc(-c2nc3cc(CN4CC(N5CCOCC5)C4)cc(C#N)c3o2)c1C. The number of nitrogens with zero attached hydrogens (tertiary/aromatic N) is 6. The Hall–Kier alpha value is -5.72. The maximum Gasteiger partial charge on any atom is 0.387 e. The van der Waals surface area contributed by atoms with Gasteiger partial charge in [-0.2, -0.15) is 14.0 Å². The number of rotatable bonds is 11. The fraction of sp³-hybridized carbons (Fsp3) is 0.364. The second kappa shape index (κ2) is 15.6.